The molecule has 404 valence electrons. The standard InChI is InChI=1S/C52H53F7N8O7S2/c1-27-44(76-26-63-27)29-11-9-28(10-12-29)22-62-46(70)38-20-33(68)24-65(38)47(71)45(50(2,3)4)64-39(69)25-73-15-7-8-16-74-43-35(54)17-31(18-36(43)55)42-34(53)19-32(23-61-42)67-49(75)66(48(72)51(67,5)6)37-14-13-30(21-60)40(41(37)56)52(57,58)59/h9-14,17-19,23,26,33,38,45,48,68,72H,7-8,15-16,20,22,24-25H2,1-6H3,(H,62,70)(H,64,69)/t33-,38+,45-,48?/m1/s1. The maximum absolute atomic E-state index is 15.8. The van der Waals surface area contributed by atoms with Gasteiger partial charge < -0.3 is 40.1 Å². The molecule has 4 N–H and O–H groups in total. The first kappa shape index (κ1) is 56.9. The van der Waals surface area contributed by atoms with Gasteiger partial charge in [0.25, 0.3) is 0 Å². The van der Waals surface area contributed by atoms with Crippen LogP contribution in [0.5, 0.6) is 5.75 Å². The molecular weight excluding hydrogens is 1050 g/mol. The number of ether oxygens (including phenoxy) is 2. The van der Waals surface area contributed by atoms with Crippen LogP contribution < -0.4 is 25.2 Å². The first-order valence-corrected chi connectivity index (χ1v) is 25.0. The number of nitrogens with zero attached hydrogens (tertiary/aromatic N) is 6. The van der Waals surface area contributed by atoms with Crippen LogP contribution in [0.25, 0.3) is 21.7 Å². The van der Waals surface area contributed by atoms with E-state index >= 15 is 17.6 Å². The number of aliphatic hydroxyl groups excluding tert-OH is 2. The topological polar surface area (TPSA) is 193 Å². The minimum atomic E-state index is -5.28. The maximum Gasteiger partial charge on any atom is 0.420 e. The van der Waals surface area contributed by atoms with Crippen molar-refractivity contribution in [2.45, 2.75) is 103 Å². The monoisotopic (exact) mass is 1100 g/mol. The van der Waals surface area contributed by atoms with E-state index in [-0.39, 0.29) is 56.8 Å². The highest BCUT2D eigenvalue weighted by atomic mass is 32.1. The third kappa shape index (κ3) is 12.1. The van der Waals surface area contributed by atoms with Gasteiger partial charge in [-0.25, -0.2) is 22.5 Å². The minimum absolute atomic E-state index is 0.0140. The number of thiocarbonyl (C=S) groups is 1. The first-order chi connectivity index (χ1) is 35.7. The quantitative estimate of drug-likeness (QED) is 0.0395. The van der Waals surface area contributed by atoms with Crippen LogP contribution >= 0.6 is 23.6 Å². The Morgan fingerprint density at radius 1 is 0.961 bits per heavy atom. The van der Waals surface area contributed by atoms with Crippen LogP contribution in [0.15, 0.2) is 66.3 Å². The van der Waals surface area contributed by atoms with Gasteiger partial charge in [-0.05, 0) is 86.6 Å². The Balaban J connectivity index is 0.889. The highest BCUT2D eigenvalue weighted by molar-refractivity contribution is 7.80. The molecule has 0 radical (unpaired) electrons. The maximum atomic E-state index is 15.8. The van der Waals surface area contributed by atoms with Gasteiger partial charge in [-0.15, -0.1) is 11.3 Å². The van der Waals surface area contributed by atoms with E-state index in [0.717, 1.165) is 63.1 Å². The Kier molecular flexibility index (Phi) is 17.1. The summed E-state index contributed by atoms with van der Waals surface area (Å²) in [5.74, 6) is -7.77. The number of halogens is 7. The molecule has 15 nitrogen and oxygen atoms in total. The Bertz CT molecular complexity index is 3030. The van der Waals surface area contributed by atoms with Gasteiger partial charge in [0.15, 0.2) is 40.4 Å². The number of likely N-dealkylation sites (tertiary alicyclic amines) is 1. The van der Waals surface area contributed by atoms with E-state index in [1.807, 2.05) is 31.2 Å². The summed E-state index contributed by atoms with van der Waals surface area (Å²) in [7, 11) is 0. The predicted molar refractivity (Wildman–Crippen MR) is 270 cm³/mol. The van der Waals surface area contributed by atoms with Crippen molar-refractivity contribution in [1.29, 1.82) is 5.26 Å². The van der Waals surface area contributed by atoms with Crippen molar-refractivity contribution in [3.63, 3.8) is 0 Å². The molecule has 1 unspecified atom stereocenters. The number of benzene rings is 3. The molecule has 7 rings (SSSR count). The van der Waals surface area contributed by atoms with E-state index in [1.54, 1.807) is 26.3 Å². The molecule has 2 aromatic heterocycles. The van der Waals surface area contributed by atoms with E-state index in [0.29, 0.717) is 4.90 Å². The van der Waals surface area contributed by atoms with Gasteiger partial charge in [0.1, 0.15) is 29.9 Å². The molecule has 24 heteroatoms. The third-order valence-corrected chi connectivity index (χ3v) is 14.2. The minimum Gasteiger partial charge on any atom is -0.488 e. The van der Waals surface area contributed by atoms with Gasteiger partial charge in [0.2, 0.25) is 17.7 Å². The lowest BCUT2D eigenvalue weighted by Crippen LogP contribution is -2.58. The molecule has 0 bridgehead atoms. The number of hydrogen-bond donors (Lipinski definition) is 4. The van der Waals surface area contributed by atoms with Gasteiger partial charge >= 0.3 is 6.18 Å². The molecule has 2 saturated heterocycles. The highest BCUT2D eigenvalue weighted by Gasteiger charge is 2.52. The second kappa shape index (κ2) is 22.8. The van der Waals surface area contributed by atoms with Gasteiger partial charge in [0, 0.05) is 37.7 Å². The van der Waals surface area contributed by atoms with Crippen molar-refractivity contribution in [2.75, 3.05) is 36.2 Å². The zero-order valence-electron chi connectivity index (χ0n) is 41.9. The lowest BCUT2D eigenvalue weighted by molar-refractivity contribution is -0.144. The van der Waals surface area contributed by atoms with Crippen molar-refractivity contribution < 1.29 is 64.8 Å². The number of alkyl halides is 3. The van der Waals surface area contributed by atoms with Crippen LogP contribution in [0.2, 0.25) is 0 Å². The molecule has 0 saturated carbocycles. The number of aliphatic hydroxyl groups is 2. The average Bonchev–Trinajstić information content (AvgIpc) is 4.01. The van der Waals surface area contributed by atoms with Crippen LogP contribution in [0.3, 0.4) is 0 Å². The van der Waals surface area contributed by atoms with E-state index in [4.69, 9.17) is 21.7 Å². The number of hydrogen-bond acceptors (Lipinski definition) is 12. The number of nitriles is 1. The molecule has 4 atom stereocenters. The Hall–Kier alpha value is -6.78. The van der Waals surface area contributed by atoms with E-state index < -0.39 is 123 Å². The SMILES string of the molecule is Cc1ncsc1-c1ccc(CNC(=O)[C@@H]2C[C@@H](O)CN2C(=O)[C@@H](NC(=O)COCCCCOc2c(F)cc(-c3ncc(N4C(=S)N(c5ccc(C#N)c(C(F)(F)F)c5F)C(O)C4(C)C)cc3F)cc2F)C(C)(C)C)cc1. The number of pyridine rings is 1. The van der Waals surface area contributed by atoms with Crippen molar-refractivity contribution in [3.8, 4) is 33.5 Å². The fraction of sp³-hybridized carbons (Fsp3) is 0.404. The first-order valence-electron chi connectivity index (χ1n) is 23.8. The number of rotatable bonds is 17. The van der Waals surface area contributed by atoms with Gasteiger partial charge in [-0.3, -0.25) is 24.3 Å². The molecule has 2 aliphatic rings. The molecule has 2 fully saturated rings. The lowest BCUT2D eigenvalue weighted by atomic mass is 9.85. The Labute approximate surface area is 442 Å². The Morgan fingerprint density at radius 2 is 1.63 bits per heavy atom. The zero-order chi connectivity index (χ0) is 55.6. The van der Waals surface area contributed by atoms with Gasteiger partial charge in [-0.1, -0.05) is 45.0 Å². The number of carbonyl (C=O) groups excluding carboxylic acids is 3. The summed E-state index contributed by atoms with van der Waals surface area (Å²) in [4.78, 5) is 53.0. The largest absolute Gasteiger partial charge is 0.488 e. The highest BCUT2D eigenvalue weighted by Crippen LogP contribution is 2.44. The molecule has 4 heterocycles. The lowest BCUT2D eigenvalue weighted by Gasteiger charge is -2.35. The number of amides is 3. The third-order valence-electron chi connectivity index (χ3n) is 12.9. The number of thiazole rings is 1. The molecule has 0 aliphatic carbocycles. The fourth-order valence-corrected chi connectivity index (χ4v) is 10.3. The zero-order valence-corrected chi connectivity index (χ0v) is 43.5. The number of aromatic nitrogens is 2. The summed E-state index contributed by atoms with van der Waals surface area (Å²) in [6, 6.07) is 10.9. The molecule has 3 aromatic carbocycles. The van der Waals surface area contributed by atoms with Crippen molar-refractivity contribution in [2.24, 2.45) is 5.41 Å². The average molecular weight is 1100 g/mol. The van der Waals surface area contributed by atoms with Crippen LogP contribution in [0, 0.1) is 46.9 Å². The van der Waals surface area contributed by atoms with Crippen molar-refractivity contribution in [1.82, 2.24) is 25.5 Å². The molecular formula is C52H53F7N8O7S2. The number of unbranched alkanes of at least 4 members (excludes halogenated alkanes) is 1. The van der Waals surface area contributed by atoms with Crippen LogP contribution in [0.4, 0.5) is 42.1 Å². The van der Waals surface area contributed by atoms with E-state index in [1.165, 1.54) is 36.2 Å². The van der Waals surface area contributed by atoms with Crippen molar-refractivity contribution in [3.05, 3.63) is 112 Å². The summed E-state index contributed by atoms with van der Waals surface area (Å²) in [5.41, 5.74) is -2.50. The molecule has 2 aliphatic heterocycles. The summed E-state index contributed by atoms with van der Waals surface area (Å²) < 4.78 is 114. The smallest absolute Gasteiger partial charge is 0.420 e. The normalized spacial score (nSPS) is 17.9. The number of anilines is 2. The summed E-state index contributed by atoms with van der Waals surface area (Å²) >= 11 is 6.98. The van der Waals surface area contributed by atoms with Crippen molar-refractivity contribution >= 4 is 57.8 Å². The van der Waals surface area contributed by atoms with Gasteiger partial charge in [0.05, 0.1) is 63.5 Å². The fourth-order valence-electron chi connectivity index (χ4n) is 8.91. The van der Waals surface area contributed by atoms with Gasteiger partial charge in [-0.2, -0.15) is 18.4 Å². The molecule has 0 spiro atoms. The Morgan fingerprint density at radius 3 is 2.24 bits per heavy atom. The second-order valence-corrected chi connectivity index (χ2v) is 21.0. The number of carbonyl (C=O) groups is 3. The summed E-state index contributed by atoms with van der Waals surface area (Å²) in [6.45, 7) is 9.40. The molecule has 76 heavy (non-hydrogen) atoms. The van der Waals surface area contributed by atoms with Crippen LogP contribution in [-0.4, -0.2) is 104 Å². The molecule has 3 amide bonds. The number of β-amino-alcohol motifs (C(OH)–C–C–N with tert-alkyl or cyclic N) is 1. The second-order valence-electron chi connectivity index (χ2n) is 19.8. The predicted octanol–water partition coefficient (Wildman–Crippen LogP) is 8.32. The number of aryl methyl sites for hydroxylation is 1. The van der Waals surface area contributed by atoms with Crippen LogP contribution in [-0.2, 0) is 31.8 Å². The summed E-state index contributed by atoms with van der Waals surface area (Å²) in [5, 5.41) is 36.1. The number of nitrogens with one attached hydrogen (secondary N) is 2. The van der Waals surface area contributed by atoms with Crippen LogP contribution in [0.1, 0.15) is 76.3 Å². The van der Waals surface area contributed by atoms with E-state index in [9.17, 15) is 43.0 Å². The summed E-state index contributed by atoms with van der Waals surface area (Å²) in [6.07, 6.45) is -6.50. The van der Waals surface area contributed by atoms with E-state index in [2.05, 4.69) is 20.6 Å². The molecule has 5 aromatic rings.